The lowest BCUT2D eigenvalue weighted by atomic mass is 10.2. The highest BCUT2D eigenvalue weighted by atomic mass is 16.5. The number of carboxylic acid groups (broad SMARTS) is 1. The van der Waals surface area contributed by atoms with Crippen molar-refractivity contribution in [2.75, 3.05) is 12.4 Å². The maximum absolute atomic E-state index is 11.1. The molecule has 0 unspecified atom stereocenters. The minimum atomic E-state index is -1.23. The summed E-state index contributed by atoms with van der Waals surface area (Å²) in [6.07, 6.45) is -0.647. The summed E-state index contributed by atoms with van der Waals surface area (Å²) in [6, 6.07) is 4.28. The Hall–Kier alpha value is -2.24. The van der Waals surface area contributed by atoms with Gasteiger partial charge < -0.3 is 20.3 Å². The maximum Gasteiger partial charge on any atom is 0.312 e. The summed E-state index contributed by atoms with van der Waals surface area (Å²) in [6.45, 7) is 0. The molecule has 16 heavy (non-hydrogen) atoms. The van der Waals surface area contributed by atoms with Crippen LogP contribution in [0.4, 0.5) is 5.69 Å². The Morgan fingerprint density at radius 3 is 2.62 bits per heavy atom. The van der Waals surface area contributed by atoms with Gasteiger partial charge in [-0.05, 0) is 12.1 Å². The van der Waals surface area contributed by atoms with Gasteiger partial charge in [-0.15, -0.1) is 0 Å². The van der Waals surface area contributed by atoms with Gasteiger partial charge >= 0.3 is 5.97 Å². The van der Waals surface area contributed by atoms with E-state index in [0.717, 1.165) is 0 Å². The number of ether oxygens (including phenoxy) is 1. The average Bonchev–Trinajstić information content (AvgIpc) is 2.19. The standard InChI is InChI=1S/C10H11NO5/c1-16-6-2-3-7(8(12)4-6)11-9(13)5-10(14)15/h2-4,12H,5H2,1H3,(H,11,13)(H,14,15). The largest absolute Gasteiger partial charge is 0.506 e. The number of carbonyl (C=O) groups excluding carboxylic acids is 1. The summed E-state index contributed by atoms with van der Waals surface area (Å²) < 4.78 is 4.85. The van der Waals surface area contributed by atoms with Crippen LogP contribution in [0.25, 0.3) is 0 Å². The molecule has 1 aromatic carbocycles. The molecule has 1 aromatic rings. The molecule has 0 aliphatic rings. The maximum atomic E-state index is 11.1. The Morgan fingerprint density at radius 2 is 2.12 bits per heavy atom. The fraction of sp³-hybridized carbons (Fsp3) is 0.200. The molecular formula is C10H11NO5. The van der Waals surface area contributed by atoms with Gasteiger partial charge in [0.25, 0.3) is 0 Å². The fourth-order valence-corrected chi connectivity index (χ4v) is 1.08. The van der Waals surface area contributed by atoms with E-state index in [9.17, 15) is 14.7 Å². The van der Waals surface area contributed by atoms with Crippen molar-refractivity contribution in [2.24, 2.45) is 0 Å². The Bertz CT molecular complexity index is 416. The smallest absolute Gasteiger partial charge is 0.312 e. The first-order valence-electron chi connectivity index (χ1n) is 4.41. The van der Waals surface area contributed by atoms with Crippen LogP contribution in [-0.4, -0.2) is 29.2 Å². The van der Waals surface area contributed by atoms with Crippen LogP contribution >= 0.6 is 0 Å². The second-order valence-corrected chi connectivity index (χ2v) is 3.00. The third-order valence-corrected chi connectivity index (χ3v) is 1.79. The first-order valence-corrected chi connectivity index (χ1v) is 4.41. The second kappa shape index (κ2) is 5.01. The number of hydrogen-bond donors (Lipinski definition) is 3. The number of carbonyl (C=O) groups is 2. The molecule has 0 aromatic heterocycles. The predicted molar refractivity (Wildman–Crippen MR) is 55.5 cm³/mol. The molecule has 1 amide bonds. The van der Waals surface area contributed by atoms with Crippen LogP contribution in [0.3, 0.4) is 0 Å². The van der Waals surface area contributed by atoms with Crippen molar-refractivity contribution in [3.63, 3.8) is 0 Å². The van der Waals surface area contributed by atoms with Crippen molar-refractivity contribution >= 4 is 17.6 Å². The number of hydrogen-bond acceptors (Lipinski definition) is 4. The molecule has 3 N–H and O–H groups in total. The van der Waals surface area contributed by atoms with Crippen molar-refractivity contribution in [2.45, 2.75) is 6.42 Å². The normalized spacial score (nSPS) is 9.56. The lowest BCUT2D eigenvalue weighted by molar-refractivity contribution is -0.139. The van der Waals surface area contributed by atoms with Gasteiger partial charge in [0.05, 0.1) is 12.8 Å². The van der Waals surface area contributed by atoms with Crippen LogP contribution in [0.2, 0.25) is 0 Å². The number of carboxylic acids is 1. The topological polar surface area (TPSA) is 95.9 Å². The molecule has 1 rings (SSSR count). The van der Waals surface area contributed by atoms with Gasteiger partial charge in [0.15, 0.2) is 0 Å². The molecule has 6 nitrogen and oxygen atoms in total. The number of methoxy groups -OCH3 is 1. The predicted octanol–water partition coefficient (Wildman–Crippen LogP) is 0.814. The van der Waals surface area contributed by atoms with E-state index in [-0.39, 0.29) is 11.4 Å². The zero-order valence-corrected chi connectivity index (χ0v) is 8.56. The van der Waals surface area contributed by atoms with E-state index in [1.54, 1.807) is 0 Å². The van der Waals surface area contributed by atoms with Crippen molar-refractivity contribution in [1.29, 1.82) is 0 Å². The molecule has 0 bridgehead atoms. The third-order valence-electron chi connectivity index (χ3n) is 1.79. The monoisotopic (exact) mass is 225 g/mol. The SMILES string of the molecule is COc1ccc(NC(=O)CC(=O)O)c(O)c1. The minimum Gasteiger partial charge on any atom is -0.506 e. The lowest BCUT2D eigenvalue weighted by Crippen LogP contribution is -2.15. The molecule has 0 spiro atoms. The number of aliphatic carboxylic acids is 1. The quantitative estimate of drug-likeness (QED) is 0.520. The number of aromatic hydroxyl groups is 1. The highest BCUT2D eigenvalue weighted by Gasteiger charge is 2.10. The van der Waals surface area contributed by atoms with E-state index in [1.807, 2.05) is 0 Å². The van der Waals surface area contributed by atoms with Gasteiger partial charge in [0, 0.05) is 6.07 Å². The van der Waals surface area contributed by atoms with E-state index >= 15 is 0 Å². The molecule has 0 radical (unpaired) electrons. The van der Waals surface area contributed by atoms with E-state index in [1.165, 1.54) is 25.3 Å². The molecule has 6 heteroatoms. The number of rotatable bonds is 4. The Morgan fingerprint density at radius 1 is 1.44 bits per heavy atom. The van der Waals surface area contributed by atoms with Crippen LogP contribution in [0, 0.1) is 0 Å². The minimum absolute atomic E-state index is 0.145. The van der Waals surface area contributed by atoms with Gasteiger partial charge in [0.2, 0.25) is 5.91 Å². The molecule has 0 saturated heterocycles. The van der Waals surface area contributed by atoms with Gasteiger partial charge in [-0.3, -0.25) is 9.59 Å². The Labute approximate surface area is 91.5 Å². The number of anilines is 1. The average molecular weight is 225 g/mol. The molecule has 0 heterocycles. The first-order chi connectivity index (χ1) is 7.52. The highest BCUT2D eigenvalue weighted by molar-refractivity contribution is 6.02. The van der Waals surface area contributed by atoms with Crippen molar-refractivity contribution in [1.82, 2.24) is 0 Å². The molecule has 0 aliphatic carbocycles. The zero-order valence-electron chi connectivity index (χ0n) is 8.56. The van der Waals surface area contributed by atoms with Gasteiger partial charge in [-0.2, -0.15) is 0 Å². The third kappa shape index (κ3) is 3.16. The lowest BCUT2D eigenvalue weighted by Gasteiger charge is -2.07. The molecular weight excluding hydrogens is 214 g/mol. The van der Waals surface area contributed by atoms with E-state index in [0.29, 0.717) is 5.75 Å². The van der Waals surface area contributed by atoms with Crippen LogP contribution in [-0.2, 0) is 9.59 Å². The van der Waals surface area contributed by atoms with Crippen molar-refractivity contribution in [3.8, 4) is 11.5 Å². The number of nitrogens with one attached hydrogen (secondary N) is 1. The van der Waals surface area contributed by atoms with E-state index in [4.69, 9.17) is 9.84 Å². The van der Waals surface area contributed by atoms with Gasteiger partial charge in [-0.25, -0.2) is 0 Å². The molecule has 0 aliphatic heterocycles. The molecule has 0 atom stereocenters. The van der Waals surface area contributed by atoms with Crippen molar-refractivity contribution in [3.05, 3.63) is 18.2 Å². The summed E-state index contributed by atoms with van der Waals surface area (Å²) >= 11 is 0. The first kappa shape index (κ1) is 11.8. The zero-order chi connectivity index (χ0) is 12.1. The van der Waals surface area contributed by atoms with E-state index < -0.39 is 18.3 Å². The fourth-order valence-electron chi connectivity index (χ4n) is 1.08. The van der Waals surface area contributed by atoms with Crippen LogP contribution < -0.4 is 10.1 Å². The van der Waals surface area contributed by atoms with Crippen LogP contribution in [0.5, 0.6) is 11.5 Å². The Balaban J connectivity index is 2.74. The summed E-state index contributed by atoms with van der Waals surface area (Å²) in [5, 5.41) is 20.1. The Kier molecular flexibility index (Phi) is 3.71. The highest BCUT2D eigenvalue weighted by Crippen LogP contribution is 2.27. The summed E-state index contributed by atoms with van der Waals surface area (Å²) in [7, 11) is 1.44. The molecule has 0 saturated carbocycles. The van der Waals surface area contributed by atoms with Gasteiger partial charge in [-0.1, -0.05) is 0 Å². The van der Waals surface area contributed by atoms with Crippen LogP contribution in [0.1, 0.15) is 6.42 Å². The summed E-state index contributed by atoms with van der Waals surface area (Å²) in [5.41, 5.74) is 0.145. The number of benzene rings is 1. The summed E-state index contributed by atoms with van der Waals surface area (Å²) in [5.74, 6) is -1.68. The number of amides is 1. The van der Waals surface area contributed by atoms with Gasteiger partial charge in [0.1, 0.15) is 17.9 Å². The summed E-state index contributed by atoms with van der Waals surface area (Å²) in [4.78, 5) is 21.3. The molecule has 86 valence electrons. The molecule has 0 fully saturated rings. The van der Waals surface area contributed by atoms with Crippen molar-refractivity contribution < 1.29 is 24.5 Å². The van der Waals surface area contributed by atoms with E-state index in [2.05, 4.69) is 5.32 Å². The number of phenols is 1. The second-order valence-electron chi connectivity index (χ2n) is 3.00. The number of phenolic OH excluding ortho intramolecular Hbond substituents is 1. The van der Waals surface area contributed by atoms with Crippen LogP contribution in [0.15, 0.2) is 18.2 Å².